The predicted molar refractivity (Wildman–Crippen MR) is 78.4 cm³/mol. The van der Waals surface area contributed by atoms with E-state index in [1.165, 1.54) is 4.88 Å². The average Bonchev–Trinajstić information content (AvgIpc) is 2.75. The number of aryl methyl sites for hydroxylation is 1. The summed E-state index contributed by atoms with van der Waals surface area (Å²) in [5.74, 6) is 0.733. The molecule has 0 aliphatic heterocycles. The zero-order valence-corrected chi connectivity index (χ0v) is 12.7. The van der Waals surface area contributed by atoms with Crippen molar-refractivity contribution in [3.05, 3.63) is 33.9 Å². The Balaban J connectivity index is 2.48. The maximum Gasteiger partial charge on any atom is 0.171 e. The second-order valence-electron chi connectivity index (χ2n) is 5.27. The van der Waals surface area contributed by atoms with Crippen LogP contribution in [0.5, 0.6) is 0 Å². The first-order valence-electron chi connectivity index (χ1n) is 6.04. The van der Waals surface area contributed by atoms with Crippen molar-refractivity contribution in [1.29, 1.82) is 0 Å². The van der Waals surface area contributed by atoms with Crippen molar-refractivity contribution in [2.75, 3.05) is 0 Å². The normalized spacial score (nSPS) is 11.8. The summed E-state index contributed by atoms with van der Waals surface area (Å²) in [7, 11) is 0. The van der Waals surface area contributed by atoms with Crippen molar-refractivity contribution in [1.82, 2.24) is 9.97 Å². The molecule has 0 aliphatic rings. The molecule has 0 atom stereocenters. The van der Waals surface area contributed by atoms with E-state index in [0.29, 0.717) is 5.15 Å². The molecule has 0 saturated heterocycles. The van der Waals surface area contributed by atoms with Crippen LogP contribution in [0.2, 0.25) is 5.15 Å². The summed E-state index contributed by atoms with van der Waals surface area (Å²) in [6, 6.07) is 6.04. The third kappa shape index (κ3) is 2.90. The second kappa shape index (κ2) is 4.98. The van der Waals surface area contributed by atoms with Gasteiger partial charge in [0.1, 0.15) is 5.15 Å². The minimum atomic E-state index is -0.0217. The number of hydrogen-bond acceptors (Lipinski definition) is 3. The van der Waals surface area contributed by atoms with E-state index in [9.17, 15) is 0 Å². The fourth-order valence-electron chi connectivity index (χ4n) is 1.60. The topological polar surface area (TPSA) is 25.8 Å². The van der Waals surface area contributed by atoms with Gasteiger partial charge < -0.3 is 0 Å². The molecule has 0 fully saturated rings. The highest BCUT2D eigenvalue weighted by Gasteiger charge is 2.18. The molecule has 2 heterocycles. The minimum absolute atomic E-state index is 0.0217. The van der Waals surface area contributed by atoms with Crippen LogP contribution in [0.4, 0.5) is 0 Å². The van der Waals surface area contributed by atoms with Crippen LogP contribution in [-0.2, 0) is 11.8 Å². The Bertz CT molecular complexity index is 555. The maximum absolute atomic E-state index is 6.10. The fourth-order valence-corrected chi connectivity index (χ4v) is 2.67. The zero-order valence-electron chi connectivity index (χ0n) is 11.1. The number of thiophene rings is 1. The Morgan fingerprint density at radius 3 is 2.50 bits per heavy atom. The third-order valence-electron chi connectivity index (χ3n) is 2.69. The van der Waals surface area contributed by atoms with E-state index in [4.69, 9.17) is 11.6 Å². The van der Waals surface area contributed by atoms with Gasteiger partial charge in [-0.25, -0.2) is 9.97 Å². The number of rotatable bonds is 2. The molecular weight excluding hydrogens is 264 g/mol. The zero-order chi connectivity index (χ0) is 13.3. The fraction of sp³-hybridized carbons (Fsp3) is 0.429. The van der Waals surface area contributed by atoms with Gasteiger partial charge in [0.25, 0.3) is 0 Å². The Morgan fingerprint density at radius 1 is 1.22 bits per heavy atom. The molecule has 0 aliphatic carbocycles. The summed E-state index contributed by atoms with van der Waals surface area (Å²) in [6.07, 6.45) is 1.04. The molecule has 18 heavy (non-hydrogen) atoms. The molecule has 0 radical (unpaired) electrons. The third-order valence-corrected chi connectivity index (χ3v) is 4.11. The molecule has 0 saturated carbocycles. The molecule has 2 aromatic rings. The lowest BCUT2D eigenvalue weighted by Gasteiger charge is -2.18. The molecule has 4 heteroatoms. The van der Waals surface area contributed by atoms with Crippen molar-refractivity contribution in [3.63, 3.8) is 0 Å². The lowest BCUT2D eigenvalue weighted by atomic mass is 9.92. The second-order valence-corrected chi connectivity index (χ2v) is 6.82. The van der Waals surface area contributed by atoms with E-state index in [-0.39, 0.29) is 5.41 Å². The highest BCUT2D eigenvalue weighted by Crippen LogP contribution is 2.29. The molecule has 0 bridgehead atoms. The molecular formula is C14H17ClN2S. The van der Waals surface area contributed by atoms with E-state index < -0.39 is 0 Å². The Morgan fingerprint density at radius 2 is 1.94 bits per heavy atom. The molecule has 0 amide bonds. The van der Waals surface area contributed by atoms with E-state index in [1.54, 1.807) is 11.3 Å². The van der Waals surface area contributed by atoms with Crippen molar-refractivity contribution >= 4 is 22.9 Å². The SMILES string of the molecule is CCc1ccc(-c2nc(Cl)cc(C(C)(C)C)n2)s1. The van der Waals surface area contributed by atoms with E-state index in [0.717, 1.165) is 22.8 Å². The molecule has 96 valence electrons. The molecule has 2 rings (SSSR count). The Labute approximate surface area is 117 Å². The van der Waals surface area contributed by atoms with Crippen LogP contribution in [-0.4, -0.2) is 9.97 Å². The minimum Gasteiger partial charge on any atom is -0.232 e. The molecule has 0 N–H and O–H groups in total. The summed E-state index contributed by atoms with van der Waals surface area (Å²) < 4.78 is 0. The first kappa shape index (κ1) is 13.5. The van der Waals surface area contributed by atoms with Gasteiger partial charge in [0.15, 0.2) is 5.82 Å². The number of aromatic nitrogens is 2. The molecule has 2 nitrogen and oxygen atoms in total. The average molecular weight is 281 g/mol. The molecule has 0 unspecified atom stereocenters. The van der Waals surface area contributed by atoms with Crippen molar-refractivity contribution < 1.29 is 0 Å². The smallest absolute Gasteiger partial charge is 0.171 e. The van der Waals surface area contributed by atoms with Crippen LogP contribution in [0.1, 0.15) is 38.3 Å². The van der Waals surface area contributed by atoms with Crippen LogP contribution in [0.25, 0.3) is 10.7 Å². The molecule has 2 aromatic heterocycles. The monoisotopic (exact) mass is 280 g/mol. The standard InChI is InChI=1S/C14H17ClN2S/c1-5-9-6-7-10(18-9)13-16-11(14(2,3)4)8-12(15)17-13/h6-8H,5H2,1-4H3. The predicted octanol–water partition coefficient (Wildman–Crippen LogP) is 4.72. The van der Waals surface area contributed by atoms with Gasteiger partial charge >= 0.3 is 0 Å². The Kier molecular flexibility index (Phi) is 3.74. The Hall–Kier alpha value is -0.930. The van der Waals surface area contributed by atoms with Crippen molar-refractivity contribution in [2.45, 2.75) is 39.5 Å². The highest BCUT2D eigenvalue weighted by molar-refractivity contribution is 7.15. The maximum atomic E-state index is 6.10. The van der Waals surface area contributed by atoms with E-state index in [1.807, 2.05) is 6.07 Å². The summed E-state index contributed by atoms with van der Waals surface area (Å²) in [4.78, 5) is 11.4. The van der Waals surface area contributed by atoms with Crippen LogP contribution >= 0.6 is 22.9 Å². The van der Waals surface area contributed by atoms with Gasteiger partial charge in [-0.05, 0) is 24.6 Å². The summed E-state index contributed by atoms with van der Waals surface area (Å²) >= 11 is 7.83. The number of halogens is 1. The van der Waals surface area contributed by atoms with Gasteiger partial charge in [0.2, 0.25) is 0 Å². The van der Waals surface area contributed by atoms with Crippen LogP contribution in [0, 0.1) is 0 Å². The first-order chi connectivity index (χ1) is 8.40. The van der Waals surface area contributed by atoms with Gasteiger partial charge in [-0.15, -0.1) is 11.3 Å². The molecule has 0 aromatic carbocycles. The van der Waals surface area contributed by atoms with Crippen molar-refractivity contribution in [2.24, 2.45) is 0 Å². The van der Waals surface area contributed by atoms with Gasteiger partial charge in [0.05, 0.1) is 10.6 Å². The van der Waals surface area contributed by atoms with Crippen LogP contribution in [0.15, 0.2) is 18.2 Å². The lowest BCUT2D eigenvalue weighted by Crippen LogP contribution is -2.14. The van der Waals surface area contributed by atoms with Crippen LogP contribution < -0.4 is 0 Å². The van der Waals surface area contributed by atoms with Crippen molar-refractivity contribution in [3.8, 4) is 10.7 Å². The quantitative estimate of drug-likeness (QED) is 0.744. The molecule has 0 spiro atoms. The summed E-state index contributed by atoms with van der Waals surface area (Å²) in [5, 5.41) is 0.511. The number of hydrogen-bond donors (Lipinski definition) is 0. The van der Waals surface area contributed by atoms with Crippen LogP contribution in [0.3, 0.4) is 0 Å². The van der Waals surface area contributed by atoms with E-state index >= 15 is 0 Å². The van der Waals surface area contributed by atoms with Gasteiger partial charge in [-0.3, -0.25) is 0 Å². The summed E-state index contributed by atoms with van der Waals surface area (Å²) in [6.45, 7) is 8.53. The van der Waals surface area contributed by atoms with Gasteiger partial charge in [-0.2, -0.15) is 0 Å². The largest absolute Gasteiger partial charge is 0.232 e. The summed E-state index contributed by atoms with van der Waals surface area (Å²) in [5.41, 5.74) is 0.954. The number of nitrogens with zero attached hydrogens (tertiary/aromatic N) is 2. The first-order valence-corrected chi connectivity index (χ1v) is 7.23. The van der Waals surface area contributed by atoms with E-state index in [2.05, 4.69) is 49.8 Å². The highest BCUT2D eigenvalue weighted by atomic mass is 35.5. The van der Waals surface area contributed by atoms with Gasteiger partial charge in [-0.1, -0.05) is 39.3 Å². The van der Waals surface area contributed by atoms with Gasteiger partial charge in [0, 0.05) is 10.3 Å². The lowest BCUT2D eigenvalue weighted by molar-refractivity contribution is 0.568.